The first-order valence-corrected chi connectivity index (χ1v) is 14.3. The fourth-order valence-electron chi connectivity index (χ4n) is 5.39. The Kier molecular flexibility index (Phi) is 10.0. The fraction of sp³-hybridized carbons (Fsp3) is 0.448. The van der Waals surface area contributed by atoms with Crippen LogP contribution in [0.25, 0.3) is 10.9 Å². The minimum absolute atomic E-state index is 0.280. The van der Waals surface area contributed by atoms with Gasteiger partial charge in [-0.1, -0.05) is 0 Å². The molecule has 1 atom stereocenters. The Morgan fingerprint density at radius 3 is 2.49 bits per heavy atom. The Labute approximate surface area is 241 Å². The molecule has 0 bridgehead atoms. The average Bonchev–Trinajstić information content (AvgIpc) is 2.97. The maximum atomic E-state index is 13.5. The van der Waals surface area contributed by atoms with Gasteiger partial charge in [0.15, 0.2) is 17.5 Å². The van der Waals surface area contributed by atoms with E-state index in [9.17, 15) is 28.3 Å². The number of pyridine rings is 1. The number of fused-ring (bicyclic) bond motifs is 1. The molecule has 4 rings (SSSR count). The van der Waals surface area contributed by atoms with Crippen LogP contribution in [-0.2, 0) is 4.79 Å². The highest BCUT2D eigenvalue weighted by Crippen LogP contribution is 2.41. The molecule has 1 aliphatic rings. The van der Waals surface area contributed by atoms with E-state index in [-0.39, 0.29) is 6.42 Å². The minimum atomic E-state index is -1.48. The molecule has 0 spiro atoms. The van der Waals surface area contributed by atoms with Crippen molar-refractivity contribution in [1.29, 1.82) is 0 Å². The van der Waals surface area contributed by atoms with Gasteiger partial charge >= 0.3 is 0 Å². The van der Waals surface area contributed by atoms with Crippen molar-refractivity contribution in [1.82, 2.24) is 15.4 Å². The lowest BCUT2D eigenvalue weighted by Crippen LogP contribution is -2.48. The standard InChI is InChI=1S/C29H35F3N4O4S/c1-35(2)24-17-33-23-5-4-18(40-3)14-20(23)26(24)25(37)6-7-29(28(38)34-39)8-10-36(11-9-29)12-13-41-19-15-21(30)27(32)22(31)16-19/h4-5,14-17,25,37,39H,6-13H2,1-3H3,(H,34,38). The van der Waals surface area contributed by atoms with Crippen molar-refractivity contribution >= 4 is 34.3 Å². The summed E-state index contributed by atoms with van der Waals surface area (Å²) < 4.78 is 45.6. The molecule has 222 valence electrons. The number of aliphatic hydroxyl groups excluding tert-OH is 1. The largest absolute Gasteiger partial charge is 0.497 e. The number of benzene rings is 2. The Bertz CT molecular complexity index is 1360. The van der Waals surface area contributed by atoms with Gasteiger partial charge in [0.2, 0.25) is 5.91 Å². The molecular weight excluding hydrogens is 557 g/mol. The predicted molar refractivity (Wildman–Crippen MR) is 152 cm³/mol. The van der Waals surface area contributed by atoms with E-state index in [2.05, 4.69) is 9.88 Å². The summed E-state index contributed by atoms with van der Waals surface area (Å²) in [5, 5.41) is 21.8. The molecule has 1 fully saturated rings. The van der Waals surface area contributed by atoms with Gasteiger partial charge in [-0.15, -0.1) is 11.8 Å². The fourth-order valence-corrected chi connectivity index (χ4v) is 6.35. The Morgan fingerprint density at radius 2 is 1.88 bits per heavy atom. The van der Waals surface area contributed by atoms with Crippen LogP contribution in [-0.4, -0.2) is 72.7 Å². The lowest BCUT2D eigenvalue weighted by molar-refractivity contribution is -0.143. The number of thioether (sulfide) groups is 1. The van der Waals surface area contributed by atoms with E-state index in [1.54, 1.807) is 13.3 Å². The number of piperidine rings is 1. The number of nitrogens with zero attached hydrogens (tertiary/aromatic N) is 3. The van der Waals surface area contributed by atoms with Crippen LogP contribution in [0.2, 0.25) is 0 Å². The third-order valence-corrected chi connectivity index (χ3v) is 8.79. The molecule has 1 aromatic heterocycles. The Balaban J connectivity index is 1.43. The number of ether oxygens (including phenoxy) is 1. The SMILES string of the molecule is COc1ccc2ncc(N(C)C)c(C(O)CCC3(C(=O)NO)CCN(CCSc4cc(F)c(F)c(F)c4)CC3)c2c1. The molecule has 1 aliphatic heterocycles. The second-order valence-electron chi connectivity index (χ2n) is 10.5. The third kappa shape index (κ3) is 6.88. The molecule has 2 heterocycles. The number of hydrogen-bond donors (Lipinski definition) is 3. The van der Waals surface area contributed by atoms with Gasteiger partial charge in [-0.25, -0.2) is 18.7 Å². The highest BCUT2D eigenvalue weighted by Gasteiger charge is 2.41. The van der Waals surface area contributed by atoms with Gasteiger partial charge in [0, 0.05) is 42.2 Å². The lowest BCUT2D eigenvalue weighted by atomic mass is 9.73. The summed E-state index contributed by atoms with van der Waals surface area (Å²) in [6.45, 7) is 1.73. The molecule has 2 aromatic carbocycles. The number of halogens is 3. The van der Waals surface area contributed by atoms with Crippen molar-refractivity contribution in [2.24, 2.45) is 5.41 Å². The summed E-state index contributed by atoms with van der Waals surface area (Å²) in [6, 6.07) is 7.44. The van der Waals surface area contributed by atoms with Gasteiger partial charge in [0.05, 0.1) is 36.0 Å². The zero-order valence-corrected chi connectivity index (χ0v) is 24.1. The summed E-state index contributed by atoms with van der Waals surface area (Å²) in [7, 11) is 5.32. The first-order chi connectivity index (χ1) is 19.6. The summed E-state index contributed by atoms with van der Waals surface area (Å²) in [5.74, 6) is -3.24. The van der Waals surface area contributed by atoms with E-state index < -0.39 is 34.9 Å². The van der Waals surface area contributed by atoms with Crippen LogP contribution in [0.15, 0.2) is 41.4 Å². The van der Waals surface area contributed by atoms with Gasteiger partial charge in [0.25, 0.3) is 0 Å². The van der Waals surface area contributed by atoms with E-state index >= 15 is 0 Å². The van der Waals surface area contributed by atoms with Crippen LogP contribution in [0, 0.1) is 22.9 Å². The van der Waals surface area contributed by atoms with E-state index in [1.165, 1.54) is 11.8 Å². The second kappa shape index (κ2) is 13.3. The van der Waals surface area contributed by atoms with Gasteiger partial charge in [-0.05, 0) is 69.1 Å². The van der Waals surface area contributed by atoms with Crippen LogP contribution in [0.5, 0.6) is 5.75 Å². The van der Waals surface area contributed by atoms with E-state index in [4.69, 9.17) is 4.74 Å². The zero-order chi connectivity index (χ0) is 29.7. The molecule has 1 saturated heterocycles. The topological polar surface area (TPSA) is 98.2 Å². The van der Waals surface area contributed by atoms with Crippen molar-refractivity contribution in [3.05, 3.63) is 59.5 Å². The van der Waals surface area contributed by atoms with Crippen molar-refractivity contribution in [2.45, 2.75) is 36.7 Å². The number of methoxy groups -OCH3 is 1. The van der Waals surface area contributed by atoms with Crippen molar-refractivity contribution < 1.29 is 33.0 Å². The minimum Gasteiger partial charge on any atom is -0.497 e. The molecule has 0 radical (unpaired) electrons. The summed E-state index contributed by atoms with van der Waals surface area (Å²) in [4.78, 5) is 21.7. The molecule has 0 aliphatic carbocycles. The number of hydrogen-bond acceptors (Lipinski definition) is 8. The van der Waals surface area contributed by atoms with Crippen LogP contribution in [0.4, 0.5) is 18.9 Å². The number of aromatic nitrogens is 1. The molecule has 3 aromatic rings. The normalized spacial score (nSPS) is 16.0. The first kappa shape index (κ1) is 30.9. The van der Waals surface area contributed by atoms with Gasteiger partial charge in [-0.2, -0.15) is 0 Å². The zero-order valence-electron chi connectivity index (χ0n) is 23.3. The number of carbonyl (C=O) groups is 1. The van der Waals surface area contributed by atoms with Gasteiger partial charge in [0.1, 0.15) is 5.75 Å². The lowest BCUT2D eigenvalue weighted by Gasteiger charge is -2.40. The van der Waals surface area contributed by atoms with Crippen molar-refractivity contribution in [3.63, 3.8) is 0 Å². The molecule has 1 unspecified atom stereocenters. The highest BCUT2D eigenvalue weighted by molar-refractivity contribution is 7.99. The molecule has 0 saturated carbocycles. The number of aliphatic hydroxyl groups is 1. The van der Waals surface area contributed by atoms with Gasteiger partial charge < -0.3 is 19.6 Å². The number of anilines is 1. The molecule has 3 N–H and O–H groups in total. The van der Waals surface area contributed by atoms with E-state index in [1.807, 2.05) is 42.7 Å². The number of hydroxylamine groups is 1. The average molecular weight is 593 g/mol. The molecule has 12 heteroatoms. The summed E-state index contributed by atoms with van der Waals surface area (Å²) in [6.07, 6.45) is 2.36. The molecule has 8 nitrogen and oxygen atoms in total. The van der Waals surface area contributed by atoms with Gasteiger partial charge in [-0.3, -0.25) is 15.0 Å². The van der Waals surface area contributed by atoms with E-state index in [0.29, 0.717) is 66.4 Å². The summed E-state index contributed by atoms with van der Waals surface area (Å²) >= 11 is 1.22. The second-order valence-corrected chi connectivity index (χ2v) is 11.7. The van der Waals surface area contributed by atoms with Crippen LogP contribution in [0.1, 0.15) is 37.4 Å². The monoisotopic (exact) mass is 592 g/mol. The van der Waals surface area contributed by atoms with Crippen LogP contribution in [0.3, 0.4) is 0 Å². The van der Waals surface area contributed by atoms with Crippen LogP contribution < -0.4 is 15.1 Å². The Hall–Kier alpha value is -3.06. The van der Waals surface area contributed by atoms with Crippen molar-refractivity contribution in [3.8, 4) is 5.75 Å². The van der Waals surface area contributed by atoms with Crippen LogP contribution >= 0.6 is 11.8 Å². The molecule has 41 heavy (non-hydrogen) atoms. The van der Waals surface area contributed by atoms with Crippen molar-refractivity contribution in [2.75, 3.05) is 51.5 Å². The summed E-state index contributed by atoms with van der Waals surface area (Å²) in [5.41, 5.74) is 3.12. The smallest absolute Gasteiger partial charge is 0.249 e. The molecular formula is C29H35F3N4O4S. The third-order valence-electron chi connectivity index (χ3n) is 7.84. The number of rotatable bonds is 11. The number of nitrogens with one attached hydrogen (secondary N) is 1. The number of amides is 1. The Morgan fingerprint density at radius 1 is 1.20 bits per heavy atom. The van der Waals surface area contributed by atoms with E-state index in [0.717, 1.165) is 23.2 Å². The highest BCUT2D eigenvalue weighted by atomic mass is 32.2. The quantitative estimate of drug-likeness (QED) is 0.125. The number of carbonyl (C=O) groups excluding carboxylic acids is 1. The first-order valence-electron chi connectivity index (χ1n) is 13.3. The predicted octanol–water partition coefficient (Wildman–Crippen LogP) is 4.92. The molecule has 1 amide bonds. The maximum Gasteiger partial charge on any atom is 0.249 e. The maximum absolute atomic E-state index is 13.5. The number of likely N-dealkylation sites (tertiary alicyclic amines) is 1.